The number of nitro benzene ring substituents is 1. The fourth-order valence-corrected chi connectivity index (χ4v) is 3.74. The van der Waals surface area contributed by atoms with Gasteiger partial charge in [0.2, 0.25) is 5.91 Å². The predicted octanol–water partition coefficient (Wildman–Crippen LogP) is 4.31. The van der Waals surface area contributed by atoms with Crippen molar-refractivity contribution in [2.24, 2.45) is 0 Å². The van der Waals surface area contributed by atoms with Crippen molar-refractivity contribution in [3.05, 3.63) is 63.7 Å². The van der Waals surface area contributed by atoms with E-state index in [4.69, 9.17) is 0 Å². The Morgan fingerprint density at radius 3 is 2.42 bits per heavy atom. The van der Waals surface area contributed by atoms with Crippen molar-refractivity contribution >= 4 is 28.9 Å². The van der Waals surface area contributed by atoms with Gasteiger partial charge in [0.05, 0.1) is 16.2 Å². The van der Waals surface area contributed by atoms with Crippen LogP contribution >= 0.6 is 0 Å². The van der Waals surface area contributed by atoms with Gasteiger partial charge in [-0.25, -0.2) is 0 Å². The van der Waals surface area contributed by atoms with Gasteiger partial charge in [0.25, 0.3) is 11.6 Å². The zero-order valence-electron chi connectivity index (χ0n) is 17.9. The predicted molar refractivity (Wildman–Crippen MR) is 116 cm³/mol. The number of nitro groups is 1. The molecule has 1 fully saturated rings. The van der Waals surface area contributed by atoms with Crippen molar-refractivity contribution in [3.8, 4) is 0 Å². The third-order valence-electron chi connectivity index (χ3n) is 5.38. The number of nitrogens with one attached hydrogen (secondary N) is 1. The molecule has 1 aliphatic rings. The average molecular weight is 464 g/mol. The van der Waals surface area contributed by atoms with Crippen molar-refractivity contribution < 1.29 is 27.7 Å². The number of anilines is 2. The largest absolute Gasteiger partial charge is 0.418 e. The molecule has 0 aliphatic carbocycles. The van der Waals surface area contributed by atoms with Crippen LogP contribution in [0.3, 0.4) is 0 Å². The Kier molecular flexibility index (Phi) is 7.19. The van der Waals surface area contributed by atoms with E-state index in [-0.39, 0.29) is 17.8 Å². The quantitative estimate of drug-likeness (QED) is 0.487. The maximum atomic E-state index is 13.2. The van der Waals surface area contributed by atoms with E-state index in [0.29, 0.717) is 18.8 Å². The standard InChI is InChI=1S/C22H23F3N4O4/c1-2-27(14-20(30)26-17-8-4-3-7-16(17)22(23,24)25)21(31)15-9-10-18(19(13-15)29(32)33)28-11-5-6-12-28/h3-4,7-10,13H,2,5-6,11-12,14H2,1H3,(H,26,30). The van der Waals surface area contributed by atoms with Crippen LogP contribution in [0.25, 0.3) is 0 Å². The lowest BCUT2D eigenvalue weighted by Crippen LogP contribution is -2.38. The van der Waals surface area contributed by atoms with Crippen LogP contribution in [0.2, 0.25) is 0 Å². The summed E-state index contributed by atoms with van der Waals surface area (Å²) >= 11 is 0. The lowest BCUT2D eigenvalue weighted by atomic mass is 10.1. The maximum absolute atomic E-state index is 13.2. The summed E-state index contributed by atoms with van der Waals surface area (Å²) in [7, 11) is 0. The van der Waals surface area contributed by atoms with Crippen molar-refractivity contribution in [1.29, 1.82) is 0 Å². The molecule has 1 N–H and O–H groups in total. The molecular weight excluding hydrogens is 441 g/mol. The van der Waals surface area contributed by atoms with E-state index in [1.54, 1.807) is 6.92 Å². The molecule has 2 aromatic carbocycles. The fraction of sp³-hybridized carbons (Fsp3) is 0.364. The third-order valence-corrected chi connectivity index (χ3v) is 5.38. The van der Waals surface area contributed by atoms with Crippen LogP contribution in [0.1, 0.15) is 35.7 Å². The van der Waals surface area contributed by atoms with E-state index in [1.807, 2.05) is 4.90 Å². The first kappa shape index (κ1) is 24.0. The summed E-state index contributed by atoms with van der Waals surface area (Å²) < 4.78 is 39.5. The van der Waals surface area contributed by atoms with E-state index < -0.39 is 40.7 Å². The zero-order chi connectivity index (χ0) is 24.2. The van der Waals surface area contributed by atoms with Gasteiger partial charge in [-0.05, 0) is 44.0 Å². The number of benzene rings is 2. The summed E-state index contributed by atoms with van der Waals surface area (Å²) in [6.07, 6.45) is -2.80. The molecule has 1 aliphatic heterocycles. The molecule has 0 atom stereocenters. The Morgan fingerprint density at radius 1 is 1.15 bits per heavy atom. The van der Waals surface area contributed by atoms with Crippen LogP contribution in [0.15, 0.2) is 42.5 Å². The molecule has 1 saturated heterocycles. The van der Waals surface area contributed by atoms with Gasteiger partial charge in [0, 0.05) is 31.3 Å². The molecule has 11 heteroatoms. The Hall–Kier alpha value is -3.63. The van der Waals surface area contributed by atoms with Crippen molar-refractivity contribution in [2.75, 3.05) is 36.4 Å². The first-order chi connectivity index (χ1) is 15.6. The normalized spacial score (nSPS) is 13.6. The van der Waals surface area contributed by atoms with Crippen molar-refractivity contribution in [2.45, 2.75) is 25.9 Å². The van der Waals surface area contributed by atoms with Crippen LogP contribution < -0.4 is 10.2 Å². The van der Waals surface area contributed by atoms with Gasteiger partial charge in [-0.1, -0.05) is 12.1 Å². The lowest BCUT2D eigenvalue weighted by molar-refractivity contribution is -0.384. The van der Waals surface area contributed by atoms with Gasteiger partial charge in [0.15, 0.2) is 0 Å². The highest BCUT2D eigenvalue weighted by atomic mass is 19.4. The molecular formula is C22H23F3N4O4. The van der Waals surface area contributed by atoms with Gasteiger partial charge in [-0.3, -0.25) is 19.7 Å². The van der Waals surface area contributed by atoms with E-state index in [0.717, 1.165) is 29.9 Å². The number of hydrogen-bond donors (Lipinski definition) is 1. The third kappa shape index (κ3) is 5.60. The van der Waals surface area contributed by atoms with Crippen molar-refractivity contribution in [3.63, 3.8) is 0 Å². The highest BCUT2D eigenvalue weighted by Gasteiger charge is 2.34. The van der Waals surface area contributed by atoms with E-state index in [9.17, 15) is 32.9 Å². The molecule has 0 spiro atoms. The smallest absolute Gasteiger partial charge is 0.366 e. The second-order valence-electron chi connectivity index (χ2n) is 7.57. The number of alkyl halides is 3. The number of likely N-dealkylation sites (N-methyl/N-ethyl adjacent to an activating group) is 1. The highest BCUT2D eigenvalue weighted by molar-refractivity contribution is 6.00. The zero-order valence-corrected chi connectivity index (χ0v) is 17.9. The molecule has 0 radical (unpaired) electrons. The van der Waals surface area contributed by atoms with Gasteiger partial charge in [0.1, 0.15) is 12.2 Å². The summed E-state index contributed by atoms with van der Waals surface area (Å²) in [4.78, 5) is 39.4. The van der Waals surface area contributed by atoms with Crippen LogP contribution in [0, 0.1) is 10.1 Å². The monoisotopic (exact) mass is 464 g/mol. The van der Waals surface area contributed by atoms with Crippen LogP contribution in [-0.4, -0.2) is 47.8 Å². The number of halogens is 3. The van der Waals surface area contributed by atoms with E-state index in [1.165, 1.54) is 30.3 Å². The maximum Gasteiger partial charge on any atom is 0.418 e. The summed E-state index contributed by atoms with van der Waals surface area (Å²) in [5, 5.41) is 13.8. The number of rotatable bonds is 7. The minimum Gasteiger partial charge on any atom is -0.366 e. The summed E-state index contributed by atoms with van der Waals surface area (Å²) in [6, 6.07) is 8.69. The molecule has 2 amide bonds. The van der Waals surface area contributed by atoms with Gasteiger partial charge in [-0.15, -0.1) is 0 Å². The Balaban J connectivity index is 1.77. The van der Waals surface area contributed by atoms with Gasteiger partial charge < -0.3 is 15.1 Å². The number of para-hydroxylation sites is 1. The second kappa shape index (κ2) is 9.88. The van der Waals surface area contributed by atoms with E-state index in [2.05, 4.69) is 5.32 Å². The van der Waals surface area contributed by atoms with E-state index >= 15 is 0 Å². The molecule has 2 aromatic rings. The molecule has 0 unspecified atom stereocenters. The first-order valence-corrected chi connectivity index (χ1v) is 10.4. The number of hydrogen-bond acceptors (Lipinski definition) is 5. The molecule has 0 bridgehead atoms. The molecule has 176 valence electrons. The lowest BCUT2D eigenvalue weighted by Gasteiger charge is -2.22. The molecule has 3 rings (SSSR count). The number of carbonyl (C=O) groups is 2. The van der Waals surface area contributed by atoms with Crippen LogP contribution in [0.4, 0.5) is 30.2 Å². The van der Waals surface area contributed by atoms with Crippen LogP contribution in [0.5, 0.6) is 0 Å². The molecule has 0 aromatic heterocycles. The average Bonchev–Trinajstić information content (AvgIpc) is 3.31. The summed E-state index contributed by atoms with van der Waals surface area (Å²) in [6.45, 7) is 2.55. The van der Waals surface area contributed by atoms with Gasteiger partial charge in [-0.2, -0.15) is 13.2 Å². The first-order valence-electron chi connectivity index (χ1n) is 10.4. The Bertz CT molecular complexity index is 1050. The SMILES string of the molecule is CCN(CC(=O)Nc1ccccc1C(F)(F)F)C(=O)c1ccc(N2CCCC2)c([N+](=O)[O-])c1. The van der Waals surface area contributed by atoms with Gasteiger partial charge >= 0.3 is 6.18 Å². The Labute approximate surface area is 188 Å². The molecule has 1 heterocycles. The number of carbonyl (C=O) groups excluding carboxylic acids is 2. The molecule has 33 heavy (non-hydrogen) atoms. The molecule has 8 nitrogen and oxygen atoms in total. The minimum absolute atomic E-state index is 0.0231. The summed E-state index contributed by atoms with van der Waals surface area (Å²) in [5.41, 5.74) is -1.17. The number of nitrogens with zero attached hydrogens (tertiary/aromatic N) is 3. The summed E-state index contributed by atoms with van der Waals surface area (Å²) in [5.74, 6) is -1.45. The van der Waals surface area contributed by atoms with Crippen molar-refractivity contribution in [1.82, 2.24) is 4.90 Å². The van der Waals surface area contributed by atoms with Crippen LogP contribution in [-0.2, 0) is 11.0 Å². The Morgan fingerprint density at radius 2 is 1.82 bits per heavy atom. The minimum atomic E-state index is -4.65. The topological polar surface area (TPSA) is 95.8 Å². The highest BCUT2D eigenvalue weighted by Crippen LogP contribution is 2.35. The fourth-order valence-electron chi connectivity index (χ4n) is 3.74. The molecule has 0 saturated carbocycles. The second-order valence-corrected chi connectivity index (χ2v) is 7.57. The number of amides is 2.